The van der Waals surface area contributed by atoms with Gasteiger partial charge in [-0.1, -0.05) is 52.0 Å². The summed E-state index contributed by atoms with van der Waals surface area (Å²) in [6, 6.07) is 14.0. The molecule has 1 N–H and O–H groups in total. The molecule has 144 valence electrons. The van der Waals surface area contributed by atoms with Crippen molar-refractivity contribution in [1.29, 1.82) is 0 Å². The average Bonchev–Trinajstić information content (AvgIpc) is 3.22. The van der Waals surface area contributed by atoms with E-state index in [9.17, 15) is 9.18 Å². The summed E-state index contributed by atoms with van der Waals surface area (Å²) in [7, 11) is 0. The fourth-order valence-electron chi connectivity index (χ4n) is 4.00. The highest BCUT2D eigenvalue weighted by atomic mass is 19.1. The average molecular weight is 377 g/mol. The van der Waals surface area contributed by atoms with Crippen LogP contribution in [0, 0.1) is 5.82 Å². The molecule has 2 heterocycles. The van der Waals surface area contributed by atoms with Crippen molar-refractivity contribution in [3.63, 3.8) is 0 Å². The fraction of sp³-hybridized carbons (Fsp3) is 0.304. The lowest BCUT2D eigenvalue weighted by molar-refractivity contribution is 0.0988. The second-order valence-corrected chi connectivity index (χ2v) is 8.22. The highest BCUT2D eigenvalue weighted by Gasteiger charge is 2.45. The topological polar surface area (TPSA) is 49.0 Å². The Morgan fingerprint density at radius 1 is 1.11 bits per heavy atom. The van der Waals surface area contributed by atoms with E-state index in [2.05, 4.69) is 50.0 Å². The first-order valence-electron chi connectivity index (χ1n) is 9.58. The molecule has 1 unspecified atom stereocenters. The largest absolute Gasteiger partial charge is 0.295 e. The third-order valence-corrected chi connectivity index (χ3v) is 5.31. The predicted molar refractivity (Wildman–Crippen MR) is 108 cm³/mol. The summed E-state index contributed by atoms with van der Waals surface area (Å²) in [6.45, 7) is 8.39. The van der Waals surface area contributed by atoms with Crippen molar-refractivity contribution >= 4 is 11.6 Å². The second kappa shape index (κ2) is 6.59. The molecule has 0 fully saturated rings. The molecule has 28 heavy (non-hydrogen) atoms. The van der Waals surface area contributed by atoms with Gasteiger partial charge in [0.15, 0.2) is 0 Å². The number of carbonyl (C=O) groups excluding carboxylic acids is 1. The Bertz CT molecular complexity index is 1030. The molecule has 0 bridgehead atoms. The van der Waals surface area contributed by atoms with Crippen LogP contribution in [0.25, 0.3) is 0 Å². The van der Waals surface area contributed by atoms with Gasteiger partial charge in [-0.15, -0.1) is 0 Å². The molecule has 2 aromatic carbocycles. The van der Waals surface area contributed by atoms with Gasteiger partial charge in [0.25, 0.3) is 5.91 Å². The Morgan fingerprint density at radius 3 is 2.43 bits per heavy atom. The summed E-state index contributed by atoms with van der Waals surface area (Å²) >= 11 is 0. The van der Waals surface area contributed by atoms with Crippen LogP contribution in [0.2, 0.25) is 0 Å². The van der Waals surface area contributed by atoms with Crippen LogP contribution >= 0.6 is 0 Å². The van der Waals surface area contributed by atoms with Crippen molar-refractivity contribution in [3.8, 4) is 0 Å². The maximum Gasteiger partial charge on any atom is 0.277 e. The lowest BCUT2D eigenvalue weighted by Gasteiger charge is -2.29. The van der Waals surface area contributed by atoms with Gasteiger partial charge >= 0.3 is 0 Å². The molecule has 1 aliphatic heterocycles. The van der Waals surface area contributed by atoms with Crippen molar-refractivity contribution in [2.75, 3.05) is 4.90 Å². The number of nitrogens with zero attached hydrogens (tertiary/aromatic N) is 2. The highest BCUT2D eigenvalue weighted by molar-refractivity contribution is 6.10. The Balaban J connectivity index is 1.98. The molecule has 0 aliphatic carbocycles. The molecule has 3 aromatic rings. The number of fused-ring (bicyclic) bond motifs is 1. The van der Waals surface area contributed by atoms with E-state index < -0.39 is 0 Å². The summed E-state index contributed by atoms with van der Waals surface area (Å²) in [5.41, 5.74) is 5.04. The van der Waals surface area contributed by atoms with Gasteiger partial charge in [-0.2, -0.15) is 5.10 Å². The van der Waals surface area contributed by atoms with Gasteiger partial charge in [0.05, 0.1) is 11.7 Å². The third kappa shape index (κ3) is 2.82. The number of H-pyrrole nitrogens is 1. The van der Waals surface area contributed by atoms with Gasteiger partial charge in [-0.3, -0.25) is 14.8 Å². The third-order valence-electron chi connectivity index (χ3n) is 5.31. The molecule has 4 rings (SSSR count). The molecule has 0 radical (unpaired) electrons. The Labute approximate surface area is 164 Å². The van der Waals surface area contributed by atoms with E-state index in [-0.39, 0.29) is 23.2 Å². The zero-order valence-corrected chi connectivity index (χ0v) is 16.6. The van der Waals surface area contributed by atoms with E-state index in [1.165, 1.54) is 17.7 Å². The number of anilines is 1. The summed E-state index contributed by atoms with van der Waals surface area (Å²) in [5, 5.41) is 7.48. The zero-order valence-electron chi connectivity index (χ0n) is 16.6. The first kappa shape index (κ1) is 18.4. The van der Waals surface area contributed by atoms with Crippen LogP contribution in [0.5, 0.6) is 0 Å². The number of aromatic amines is 1. The molecule has 5 heteroatoms. The molecule has 0 saturated heterocycles. The SMILES string of the molecule is CCc1ccccc1C1c2c(C(C)(C)C)n[nH]c2C(=O)N1c1ccc(F)cc1. The number of amides is 1. The van der Waals surface area contributed by atoms with E-state index in [4.69, 9.17) is 0 Å². The van der Waals surface area contributed by atoms with E-state index in [1.54, 1.807) is 17.0 Å². The molecule has 0 spiro atoms. The standard InChI is InChI=1S/C23H24FN3O/c1-5-14-8-6-7-9-17(14)20-18-19(25-26-21(18)23(2,3)4)22(28)27(20)16-12-10-15(24)11-13-16/h6-13,20H,5H2,1-4H3,(H,25,26). The van der Waals surface area contributed by atoms with Gasteiger partial charge in [0.2, 0.25) is 0 Å². The van der Waals surface area contributed by atoms with Crippen molar-refractivity contribution in [3.05, 3.63) is 82.4 Å². The molecule has 0 saturated carbocycles. The van der Waals surface area contributed by atoms with Crippen LogP contribution in [0.4, 0.5) is 10.1 Å². The lowest BCUT2D eigenvalue weighted by Crippen LogP contribution is -2.30. The van der Waals surface area contributed by atoms with Crippen LogP contribution in [0.15, 0.2) is 48.5 Å². The Morgan fingerprint density at radius 2 is 1.79 bits per heavy atom. The minimum Gasteiger partial charge on any atom is -0.295 e. The number of rotatable bonds is 3. The van der Waals surface area contributed by atoms with Crippen molar-refractivity contribution in [2.45, 2.75) is 45.6 Å². The van der Waals surface area contributed by atoms with E-state index in [1.807, 2.05) is 12.1 Å². The van der Waals surface area contributed by atoms with Gasteiger partial charge in [-0.05, 0) is 41.8 Å². The summed E-state index contributed by atoms with van der Waals surface area (Å²) in [5.74, 6) is -0.461. The number of hydrogen-bond acceptors (Lipinski definition) is 2. The first-order chi connectivity index (χ1) is 13.3. The van der Waals surface area contributed by atoms with Crippen LogP contribution in [-0.2, 0) is 11.8 Å². The van der Waals surface area contributed by atoms with E-state index >= 15 is 0 Å². The van der Waals surface area contributed by atoms with Crippen molar-refractivity contribution < 1.29 is 9.18 Å². The predicted octanol–water partition coefficient (Wildman–Crippen LogP) is 5.16. The van der Waals surface area contributed by atoms with Gasteiger partial charge in [-0.25, -0.2) is 4.39 Å². The van der Waals surface area contributed by atoms with E-state index in [0.717, 1.165) is 23.2 Å². The maximum atomic E-state index is 13.5. The van der Waals surface area contributed by atoms with Crippen molar-refractivity contribution in [1.82, 2.24) is 10.2 Å². The number of aromatic nitrogens is 2. The van der Waals surface area contributed by atoms with Crippen molar-refractivity contribution in [2.24, 2.45) is 0 Å². The fourth-order valence-corrected chi connectivity index (χ4v) is 4.00. The number of carbonyl (C=O) groups is 1. The molecule has 1 atom stereocenters. The van der Waals surface area contributed by atoms with Gasteiger partial charge in [0.1, 0.15) is 11.5 Å². The number of benzene rings is 2. The minimum atomic E-state index is -0.323. The molecular formula is C23H24FN3O. The monoisotopic (exact) mass is 377 g/mol. The summed E-state index contributed by atoms with van der Waals surface area (Å²) in [4.78, 5) is 15.1. The second-order valence-electron chi connectivity index (χ2n) is 8.22. The lowest BCUT2D eigenvalue weighted by atomic mass is 9.84. The summed E-state index contributed by atoms with van der Waals surface area (Å²) in [6.07, 6.45) is 0.857. The zero-order chi connectivity index (χ0) is 20.1. The molecular weight excluding hydrogens is 353 g/mol. The van der Waals surface area contributed by atoms with Crippen LogP contribution < -0.4 is 4.90 Å². The number of hydrogen-bond donors (Lipinski definition) is 1. The molecule has 1 aliphatic rings. The minimum absolute atomic E-state index is 0.138. The normalized spacial score (nSPS) is 16.5. The summed E-state index contributed by atoms with van der Waals surface area (Å²) < 4.78 is 13.5. The highest BCUT2D eigenvalue weighted by Crippen LogP contribution is 2.45. The Kier molecular flexibility index (Phi) is 4.33. The quantitative estimate of drug-likeness (QED) is 0.685. The molecule has 4 nitrogen and oxygen atoms in total. The Hall–Kier alpha value is -2.95. The van der Waals surface area contributed by atoms with Gasteiger partial charge in [0, 0.05) is 16.7 Å². The van der Waals surface area contributed by atoms with Crippen LogP contribution in [0.1, 0.15) is 66.6 Å². The maximum absolute atomic E-state index is 13.5. The smallest absolute Gasteiger partial charge is 0.277 e. The van der Waals surface area contributed by atoms with E-state index in [0.29, 0.717) is 11.4 Å². The first-order valence-corrected chi connectivity index (χ1v) is 9.58. The van der Waals surface area contributed by atoms with Crippen LogP contribution in [-0.4, -0.2) is 16.1 Å². The number of aryl methyl sites for hydroxylation is 1. The molecule has 1 amide bonds. The number of nitrogens with one attached hydrogen (secondary N) is 1. The molecule has 1 aromatic heterocycles. The van der Waals surface area contributed by atoms with Crippen LogP contribution in [0.3, 0.4) is 0 Å². The van der Waals surface area contributed by atoms with Gasteiger partial charge < -0.3 is 0 Å². The number of halogens is 1.